The predicted molar refractivity (Wildman–Crippen MR) is 106 cm³/mol. The van der Waals surface area contributed by atoms with Gasteiger partial charge in [-0.3, -0.25) is 4.79 Å². The van der Waals surface area contributed by atoms with Crippen molar-refractivity contribution in [1.82, 2.24) is 0 Å². The molecule has 0 aromatic heterocycles. The molecule has 0 N–H and O–H groups in total. The van der Waals surface area contributed by atoms with Crippen molar-refractivity contribution in [3.8, 4) is 11.5 Å². The summed E-state index contributed by atoms with van der Waals surface area (Å²) in [5, 5.41) is 0. The van der Waals surface area contributed by atoms with Crippen LogP contribution in [0.2, 0.25) is 0 Å². The van der Waals surface area contributed by atoms with Crippen molar-refractivity contribution in [3.05, 3.63) is 59.2 Å². The zero-order chi connectivity index (χ0) is 19.5. The van der Waals surface area contributed by atoms with Crippen molar-refractivity contribution < 1.29 is 23.7 Å². The van der Waals surface area contributed by atoms with E-state index in [0.717, 1.165) is 11.1 Å². The Balaban J connectivity index is 2.19. The molecule has 0 atom stereocenters. The minimum absolute atomic E-state index is 0.0446. The topological polar surface area (TPSA) is 54.0 Å². The summed E-state index contributed by atoms with van der Waals surface area (Å²) in [4.78, 5) is 11.5. The minimum atomic E-state index is 0.0446. The molecule has 0 aliphatic heterocycles. The van der Waals surface area contributed by atoms with E-state index in [0.29, 0.717) is 30.3 Å². The van der Waals surface area contributed by atoms with Crippen LogP contribution in [0.25, 0.3) is 12.2 Å². The van der Waals surface area contributed by atoms with Gasteiger partial charge in [0, 0.05) is 24.8 Å². The molecule has 0 spiro atoms. The lowest BCUT2D eigenvalue weighted by atomic mass is 10.1. The van der Waals surface area contributed by atoms with E-state index in [-0.39, 0.29) is 19.4 Å². The van der Waals surface area contributed by atoms with Crippen LogP contribution in [0.5, 0.6) is 11.5 Å². The van der Waals surface area contributed by atoms with E-state index in [2.05, 4.69) is 0 Å². The SMILES string of the molecule is CCOCOc1cc(/C=C/c2cccc(C(C)=O)c2)cc(OCOCC)c1. The quantitative estimate of drug-likeness (QED) is 0.246. The molecule has 0 fully saturated rings. The lowest BCUT2D eigenvalue weighted by Crippen LogP contribution is -2.04. The molecule has 5 heteroatoms. The first-order chi connectivity index (χ1) is 13.1. The number of ketones is 1. The Bertz CT molecular complexity index is 739. The summed E-state index contributed by atoms with van der Waals surface area (Å²) in [5.74, 6) is 1.34. The van der Waals surface area contributed by atoms with E-state index in [1.807, 2.05) is 62.4 Å². The fourth-order valence-corrected chi connectivity index (χ4v) is 2.30. The van der Waals surface area contributed by atoms with Crippen LogP contribution in [0.4, 0.5) is 0 Å². The van der Waals surface area contributed by atoms with E-state index < -0.39 is 0 Å². The molecular weight excluding hydrogens is 344 g/mol. The summed E-state index contributed by atoms with van der Waals surface area (Å²) in [7, 11) is 0. The first-order valence-electron chi connectivity index (χ1n) is 8.97. The highest BCUT2D eigenvalue weighted by atomic mass is 16.7. The van der Waals surface area contributed by atoms with Gasteiger partial charge in [0.15, 0.2) is 19.4 Å². The number of benzene rings is 2. The maximum atomic E-state index is 11.5. The summed E-state index contributed by atoms with van der Waals surface area (Å²) < 4.78 is 21.7. The fraction of sp³-hybridized carbons (Fsp3) is 0.318. The summed E-state index contributed by atoms with van der Waals surface area (Å²) in [6, 6.07) is 13.1. The average Bonchev–Trinajstić information content (AvgIpc) is 2.67. The van der Waals surface area contributed by atoms with Crippen LogP contribution in [-0.2, 0) is 9.47 Å². The van der Waals surface area contributed by atoms with Gasteiger partial charge in [-0.2, -0.15) is 0 Å². The summed E-state index contributed by atoms with van der Waals surface area (Å²) in [6.45, 7) is 6.90. The molecule has 0 saturated heterocycles. The number of carbonyl (C=O) groups is 1. The number of Topliss-reactive ketones (excluding diaryl/α,β-unsaturated/α-hetero) is 1. The Labute approximate surface area is 160 Å². The summed E-state index contributed by atoms with van der Waals surface area (Å²) in [5.41, 5.74) is 2.54. The van der Waals surface area contributed by atoms with E-state index in [1.165, 1.54) is 0 Å². The fourth-order valence-electron chi connectivity index (χ4n) is 2.30. The molecule has 0 amide bonds. The lowest BCUT2D eigenvalue weighted by Gasteiger charge is -2.11. The van der Waals surface area contributed by atoms with Gasteiger partial charge in [0.05, 0.1) is 0 Å². The van der Waals surface area contributed by atoms with Gasteiger partial charge in [-0.15, -0.1) is 0 Å². The maximum Gasteiger partial charge on any atom is 0.189 e. The highest BCUT2D eigenvalue weighted by molar-refractivity contribution is 5.94. The Hall–Kier alpha value is -2.63. The zero-order valence-corrected chi connectivity index (χ0v) is 16.1. The maximum absolute atomic E-state index is 11.5. The smallest absolute Gasteiger partial charge is 0.189 e. The van der Waals surface area contributed by atoms with Gasteiger partial charge in [-0.1, -0.05) is 30.4 Å². The Kier molecular flexibility index (Phi) is 8.55. The average molecular weight is 370 g/mol. The highest BCUT2D eigenvalue weighted by Gasteiger charge is 2.03. The number of carbonyl (C=O) groups excluding carboxylic acids is 1. The third-order valence-corrected chi connectivity index (χ3v) is 3.69. The van der Waals surface area contributed by atoms with Crippen LogP contribution in [0.1, 0.15) is 42.3 Å². The molecule has 5 nitrogen and oxygen atoms in total. The number of hydrogen-bond donors (Lipinski definition) is 0. The Morgan fingerprint density at radius 3 is 2.00 bits per heavy atom. The molecule has 0 saturated carbocycles. The normalized spacial score (nSPS) is 10.9. The third-order valence-electron chi connectivity index (χ3n) is 3.69. The van der Waals surface area contributed by atoms with Gasteiger partial charge >= 0.3 is 0 Å². The molecule has 144 valence electrons. The molecule has 0 unspecified atom stereocenters. The van der Waals surface area contributed by atoms with Crippen molar-refractivity contribution in [1.29, 1.82) is 0 Å². The van der Waals surface area contributed by atoms with Crippen LogP contribution in [-0.4, -0.2) is 32.6 Å². The zero-order valence-electron chi connectivity index (χ0n) is 16.1. The second-order valence-corrected chi connectivity index (χ2v) is 5.76. The van der Waals surface area contributed by atoms with Crippen molar-refractivity contribution in [2.75, 3.05) is 26.8 Å². The minimum Gasteiger partial charge on any atom is -0.467 e. The first-order valence-corrected chi connectivity index (χ1v) is 8.97. The summed E-state index contributed by atoms with van der Waals surface area (Å²) in [6.07, 6.45) is 3.89. The molecule has 2 aromatic carbocycles. The molecular formula is C22H26O5. The summed E-state index contributed by atoms with van der Waals surface area (Å²) >= 11 is 0. The first kappa shape index (κ1) is 20.7. The Morgan fingerprint density at radius 1 is 0.852 bits per heavy atom. The molecule has 0 heterocycles. The van der Waals surface area contributed by atoms with Crippen molar-refractivity contribution >= 4 is 17.9 Å². The van der Waals surface area contributed by atoms with Crippen LogP contribution in [0, 0.1) is 0 Å². The monoisotopic (exact) mass is 370 g/mol. The van der Waals surface area contributed by atoms with Gasteiger partial charge in [0.2, 0.25) is 0 Å². The van der Waals surface area contributed by atoms with Gasteiger partial charge in [0.25, 0.3) is 0 Å². The van der Waals surface area contributed by atoms with Gasteiger partial charge in [-0.25, -0.2) is 0 Å². The standard InChI is InChI=1S/C22H26O5/c1-4-24-15-26-21-12-19(13-22(14-21)27-16-25-5-2)10-9-18-7-6-8-20(11-18)17(3)23/h6-14H,4-5,15-16H2,1-3H3/b10-9+. The lowest BCUT2D eigenvalue weighted by molar-refractivity contribution is 0.0182. The Morgan fingerprint density at radius 2 is 1.44 bits per heavy atom. The molecule has 0 radical (unpaired) electrons. The third kappa shape index (κ3) is 7.25. The molecule has 0 aliphatic carbocycles. The van der Waals surface area contributed by atoms with E-state index in [4.69, 9.17) is 18.9 Å². The molecule has 0 aliphatic rings. The van der Waals surface area contributed by atoms with Crippen molar-refractivity contribution in [3.63, 3.8) is 0 Å². The highest BCUT2D eigenvalue weighted by Crippen LogP contribution is 2.25. The van der Waals surface area contributed by atoms with Crippen LogP contribution in [0.3, 0.4) is 0 Å². The van der Waals surface area contributed by atoms with Gasteiger partial charge < -0.3 is 18.9 Å². The number of ether oxygens (including phenoxy) is 4. The molecule has 2 aromatic rings. The number of rotatable bonds is 11. The van der Waals surface area contributed by atoms with Crippen LogP contribution < -0.4 is 9.47 Å². The van der Waals surface area contributed by atoms with Crippen LogP contribution >= 0.6 is 0 Å². The molecule has 2 rings (SSSR count). The molecule has 0 bridgehead atoms. The second-order valence-electron chi connectivity index (χ2n) is 5.76. The largest absolute Gasteiger partial charge is 0.467 e. The van der Waals surface area contributed by atoms with Crippen molar-refractivity contribution in [2.24, 2.45) is 0 Å². The van der Waals surface area contributed by atoms with Crippen LogP contribution in [0.15, 0.2) is 42.5 Å². The van der Waals surface area contributed by atoms with Crippen molar-refractivity contribution in [2.45, 2.75) is 20.8 Å². The van der Waals surface area contributed by atoms with E-state index >= 15 is 0 Å². The molecule has 27 heavy (non-hydrogen) atoms. The van der Waals surface area contributed by atoms with Gasteiger partial charge in [0.1, 0.15) is 11.5 Å². The van der Waals surface area contributed by atoms with E-state index in [9.17, 15) is 4.79 Å². The van der Waals surface area contributed by atoms with Gasteiger partial charge in [-0.05, 0) is 50.1 Å². The predicted octanol–water partition coefficient (Wildman–Crippen LogP) is 4.81. The second kappa shape index (κ2) is 11.2. The van der Waals surface area contributed by atoms with E-state index in [1.54, 1.807) is 13.0 Å². The number of hydrogen-bond acceptors (Lipinski definition) is 5.